The van der Waals surface area contributed by atoms with E-state index in [4.69, 9.17) is 0 Å². The second-order valence-corrected chi connectivity index (χ2v) is 6.32. The summed E-state index contributed by atoms with van der Waals surface area (Å²) in [4.78, 5) is 2.49. The molecule has 0 atom stereocenters. The van der Waals surface area contributed by atoms with Crippen molar-refractivity contribution in [2.75, 3.05) is 14.1 Å². The zero-order valence-electron chi connectivity index (χ0n) is 10.1. The van der Waals surface area contributed by atoms with Crippen LogP contribution >= 0.6 is 0 Å². The maximum absolute atomic E-state index is 12.6. The molecule has 0 aliphatic carbocycles. The summed E-state index contributed by atoms with van der Waals surface area (Å²) in [5.74, 6) is 0. The third kappa shape index (κ3) is 2.33. The van der Waals surface area contributed by atoms with Crippen LogP contribution in [0.5, 0.6) is 0 Å². The van der Waals surface area contributed by atoms with Gasteiger partial charge in [0.1, 0.15) is 4.90 Å². The molecule has 1 aromatic heterocycles. The highest BCUT2D eigenvalue weighted by Crippen LogP contribution is 2.33. The van der Waals surface area contributed by atoms with Crippen LogP contribution in [0, 0.1) is 0 Å². The number of H-pyrrole nitrogens is 1. The maximum atomic E-state index is 12.6. The molecule has 1 aromatic carbocycles. The Morgan fingerprint density at radius 2 is 1.84 bits per heavy atom. The van der Waals surface area contributed by atoms with Gasteiger partial charge in [0.2, 0.25) is 10.0 Å². The number of nitrogens with zero attached hydrogens (tertiary/aromatic N) is 1. The van der Waals surface area contributed by atoms with Crippen LogP contribution in [-0.2, 0) is 16.2 Å². The summed E-state index contributed by atoms with van der Waals surface area (Å²) >= 11 is 0. The molecule has 1 heterocycles. The number of alkyl halides is 3. The largest absolute Gasteiger partial charge is 0.416 e. The van der Waals surface area contributed by atoms with Gasteiger partial charge in [-0.15, -0.1) is 0 Å². The van der Waals surface area contributed by atoms with Crippen LogP contribution in [0.15, 0.2) is 29.3 Å². The zero-order chi connectivity index (χ0) is 14.4. The fourth-order valence-electron chi connectivity index (χ4n) is 1.68. The smallest absolute Gasteiger partial charge is 0.360 e. The zero-order valence-corrected chi connectivity index (χ0v) is 10.9. The molecule has 0 spiro atoms. The number of hydrogen-bond acceptors (Lipinski definition) is 2. The van der Waals surface area contributed by atoms with Crippen molar-refractivity contribution in [2.24, 2.45) is 0 Å². The SMILES string of the molecule is CN(C)S(=O)(=O)c1c[nH]c2ccc(C(F)(F)F)cc12. The van der Waals surface area contributed by atoms with Gasteiger partial charge in [-0.2, -0.15) is 13.2 Å². The van der Waals surface area contributed by atoms with Crippen LogP contribution in [0.3, 0.4) is 0 Å². The fourth-order valence-corrected chi connectivity index (χ4v) is 2.73. The Bertz CT molecular complexity index is 717. The molecular weight excluding hydrogens is 281 g/mol. The van der Waals surface area contributed by atoms with E-state index in [0.717, 1.165) is 16.4 Å². The number of halogens is 3. The number of fused-ring (bicyclic) bond motifs is 1. The molecule has 4 nitrogen and oxygen atoms in total. The molecule has 0 radical (unpaired) electrons. The molecule has 2 aromatic rings. The van der Waals surface area contributed by atoms with Crippen LogP contribution < -0.4 is 0 Å². The van der Waals surface area contributed by atoms with Gasteiger partial charge in [-0.1, -0.05) is 0 Å². The highest BCUT2D eigenvalue weighted by molar-refractivity contribution is 7.89. The number of aromatic amines is 1. The third-order valence-corrected chi connectivity index (χ3v) is 4.58. The van der Waals surface area contributed by atoms with E-state index in [2.05, 4.69) is 4.98 Å². The molecule has 0 saturated heterocycles. The number of hydrogen-bond donors (Lipinski definition) is 1. The molecule has 0 saturated carbocycles. The molecule has 0 unspecified atom stereocenters. The van der Waals surface area contributed by atoms with Crippen molar-refractivity contribution in [1.82, 2.24) is 9.29 Å². The first-order valence-corrected chi connectivity index (χ1v) is 6.69. The van der Waals surface area contributed by atoms with Crippen molar-refractivity contribution in [1.29, 1.82) is 0 Å². The molecule has 0 amide bonds. The summed E-state index contributed by atoms with van der Waals surface area (Å²) in [6.07, 6.45) is -3.31. The first-order chi connectivity index (χ1) is 8.64. The van der Waals surface area contributed by atoms with E-state index < -0.39 is 21.8 Å². The fraction of sp³-hybridized carbons (Fsp3) is 0.273. The highest BCUT2D eigenvalue weighted by atomic mass is 32.2. The van der Waals surface area contributed by atoms with Gasteiger partial charge in [0, 0.05) is 31.2 Å². The summed E-state index contributed by atoms with van der Waals surface area (Å²) < 4.78 is 62.9. The Kier molecular flexibility index (Phi) is 3.10. The quantitative estimate of drug-likeness (QED) is 0.924. The minimum atomic E-state index is -4.51. The maximum Gasteiger partial charge on any atom is 0.416 e. The minimum absolute atomic E-state index is 0.0310. The monoisotopic (exact) mass is 292 g/mol. The molecule has 1 N–H and O–H groups in total. The van der Waals surface area contributed by atoms with E-state index >= 15 is 0 Å². The minimum Gasteiger partial charge on any atom is -0.360 e. The van der Waals surface area contributed by atoms with Crippen LogP contribution in [-0.4, -0.2) is 31.8 Å². The lowest BCUT2D eigenvalue weighted by Gasteiger charge is -2.11. The van der Waals surface area contributed by atoms with Crippen LogP contribution in [0.25, 0.3) is 10.9 Å². The summed E-state index contributed by atoms with van der Waals surface area (Å²) in [6, 6.07) is 2.96. The average molecular weight is 292 g/mol. The van der Waals surface area contributed by atoms with Crippen molar-refractivity contribution in [3.8, 4) is 0 Å². The Hall–Kier alpha value is -1.54. The standard InChI is InChI=1S/C11H11F3N2O2S/c1-16(2)19(17,18)10-6-15-9-4-3-7(5-8(9)10)11(12,13)14/h3-6,15H,1-2H3. The summed E-state index contributed by atoms with van der Waals surface area (Å²) in [5.41, 5.74) is -0.539. The van der Waals surface area contributed by atoms with Crippen molar-refractivity contribution in [3.05, 3.63) is 30.0 Å². The van der Waals surface area contributed by atoms with E-state index in [1.807, 2.05) is 0 Å². The Morgan fingerprint density at radius 3 is 2.37 bits per heavy atom. The van der Waals surface area contributed by atoms with E-state index in [0.29, 0.717) is 5.52 Å². The molecule has 8 heteroatoms. The number of rotatable bonds is 2. The van der Waals surface area contributed by atoms with Gasteiger partial charge in [0.15, 0.2) is 0 Å². The molecule has 0 aliphatic heterocycles. The van der Waals surface area contributed by atoms with Crippen LogP contribution in [0.2, 0.25) is 0 Å². The normalized spacial score (nSPS) is 13.4. The summed E-state index contributed by atoms with van der Waals surface area (Å²) in [5, 5.41) is 0.0310. The van der Waals surface area contributed by atoms with Gasteiger partial charge in [-0.25, -0.2) is 12.7 Å². The number of aromatic nitrogens is 1. The molecule has 0 bridgehead atoms. The molecule has 2 rings (SSSR count). The Morgan fingerprint density at radius 1 is 1.21 bits per heavy atom. The lowest BCUT2D eigenvalue weighted by Crippen LogP contribution is -2.21. The molecule has 0 aliphatic rings. The van der Waals surface area contributed by atoms with Crippen LogP contribution in [0.1, 0.15) is 5.56 Å². The first kappa shape index (κ1) is 13.9. The van der Waals surface area contributed by atoms with Gasteiger partial charge in [0.25, 0.3) is 0 Å². The predicted octanol–water partition coefficient (Wildman–Crippen LogP) is 2.44. The van der Waals surface area contributed by atoms with Gasteiger partial charge in [-0.05, 0) is 18.2 Å². The van der Waals surface area contributed by atoms with Crippen molar-refractivity contribution in [2.45, 2.75) is 11.1 Å². The summed E-state index contributed by atoms with van der Waals surface area (Å²) in [6.45, 7) is 0. The Labute approximate surface area is 107 Å². The molecular formula is C11H11F3N2O2S. The van der Waals surface area contributed by atoms with Gasteiger partial charge >= 0.3 is 6.18 Å². The second kappa shape index (κ2) is 4.24. The van der Waals surface area contributed by atoms with Gasteiger partial charge in [0.05, 0.1) is 5.56 Å². The van der Waals surface area contributed by atoms with Gasteiger partial charge < -0.3 is 4.98 Å². The summed E-state index contributed by atoms with van der Waals surface area (Å²) in [7, 11) is -1.15. The lowest BCUT2D eigenvalue weighted by atomic mass is 10.1. The predicted molar refractivity (Wildman–Crippen MR) is 64.2 cm³/mol. The van der Waals surface area contributed by atoms with Crippen molar-refractivity contribution >= 4 is 20.9 Å². The van der Waals surface area contributed by atoms with E-state index in [9.17, 15) is 21.6 Å². The van der Waals surface area contributed by atoms with Crippen LogP contribution in [0.4, 0.5) is 13.2 Å². The molecule has 104 valence electrons. The number of benzene rings is 1. The highest BCUT2D eigenvalue weighted by Gasteiger charge is 2.31. The second-order valence-electron chi connectivity index (χ2n) is 4.20. The van der Waals surface area contributed by atoms with Gasteiger partial charge in [-0.3, -0.25) is 0 Å². The lowest BCUT2D eigenvalue weighted by molar-refractivity contribution is -0.137. The van der Waals surface area contributed by atoms with E-state index in [1.165, 1.54) is 26.4 Å². The molecule has 0 fully saturated rings. The number of sulfonamides is 1. The number of nitrogens with one attached hydrogen (secondary N) is 1. The molecule has 19 heavy (non-hydrogen) atoms. The Balaban J connectivity index is 2.72. The third-order valence-electron chi connectivity index (χ3n) is 2.73. The van der Waals surface area contributed by atoms with E-state index in [1.54, 1.807) is 0 Å². The van der Waals surface area contributed by atoms with E-state index in [-0.39, 0.29) is 10.3 Å². The van der Waals surface area contributed by atoms with Crippen molar-refractivity contribution in [3.63, 3.8) is 0 Å². The average Bonchev–Trinajstić information content (AvgIpc) is 2.70. The first-order valence-electron chi connectivity index (χ1n) is 5.25. The topological polar surface area (TPSA) is 53.2 Å². The van der Waals surface area contributed by atoms with Crippen molar-refractivity contribution < 1.29 is 21.6 Å².